The predicted octanol–water partition coefficient (Wildman–Crippen LogP) is 5.07. The number of hydrogen-bond donors (Lipinski definition) is 1. The summed E-state index contributed by atoms with van der Waals surface area (Å²) in [6.45, 7) is 0. The molecule has 0 spiro atoms. The zero-order chi connectivity index (χ0) is 16.4. The maximum atomic E-state index is 13.9. The number of anilines is 1. The molecular formula is C18H16ClF2NO. The van der Waals surface area contributed by atoms with Crippen molar-refractivity contribution in [3.63, 3.8) is 0 Å². The van der Waals surface area contributed by atoms with Crippen LogP contribution in [0.2, 0.25) is 5.02 Å². The van der Waals surface area contributed by atoms with Crippen molar-refractivity contribution >= 4 is 23.2 Å². The van der Waals surface area contributed by atoms with Crippen molar-refractivity contribution in [2.24, 2.45) is 0 Å². The zero-order valence-electron chi connectivity index (χ0n) is 12.4. The SMILES string of the molecule is O=C(Nc1ccc(Cl)cc1F)C1(c2cccc(F)c2)CCCC1. The van der Waals surface area contributed by atoms with Crippen LogP contribution in [0.3, 0.4) is 0 Å². The van der Waals surface area contributed by atoms with Crippen LogP contribution in [-0.4, -0.2) is 5.91 Å². The average molecular weight is 336 g/mol. The zero-order valence-corrected chi connectivity index (χ0v) is 13.2. The molecule has 5 heteroatoms. The molecule has 2 aromatic rings. The summed E-state index contributed by atoms with van der Waals surface area (Å²) in [5.74, 6) is -1.26. The third-order valence-electron chi connectivity index (χ3n) is 4.45. The second-order valence-corrected chi connectivity index (χ2v) is 6.31. The molecule has 0 heterocycles. The summed E-state index contributed by atoms with van der Waals surface area (Å²) in [5.41, 5.74) is -0.0855. The topological polar surface area (TPSA) is 29.1 Å². The van der Waals surface area contributed by atoms with Crippen molar-refractivity contribution in [1.29, 1.82) is 0 Å². The van der Waals surface area contributed by atoms with E-state index < -0.39 is 11.2 Å². The van der Waals surface area contributed by atoms with E-state index in [0.29, 0.717) is 18.4 Å². The summed E-state index contributed by atoms with van der Waals surface area (Å²) >= 11 is 5.73. The molecule has 0 atom stereocenters. The van der Waals surface area contributed by atoms with Crippen LogP contribution in [0.1, 0.15) is 31.2 Å². The van der Waals surface area contributed by atoms with Crippen molar-refractivity contribution in [3.8, 4) is 0 Å². The van der Waals surface area contributed by atoms with Crippen LogP contribution in [0.5, 0.6) is 0 Å². The highest BCUT2D eigenvalue weighted by molar-refractivity contribution is 6.30. The first-order valence-electron chi connectivity index (χ1n) is 7.54. The first-order chi connectivity index (χ1) is 11.0. The number of benzene rings is 2. The van der Waals surface area contributed by atoms with Gasteiger partial charge in [-0.3, -0.25) is 4.79 Å². The fourth-order valence-electron chi connectivity index (χ4n) is 3.24. The molecule has 3 rings (SSSR count). The lowest BCUT2D eigenvalue weighted by molar-refractivity contribution is -0.121. The predicted molar refractivity (Wildman–Crippen MR) is 86.6 cm³/mol. The van der Waals surface area contributed by atoms with Crippen molar-refractivity contribution in [1.82, 2.24) is 0 Å². The summed E-state index contributed by atoms with van der Waals surface area (Å²) in [4.78, 5) is 12.9. The molecule has 2 nitrogen and oxygen atoms in total. The number of rotatable bonds is 3. The third-order valence-corrected chi connectivity index (χ3v) is 4.68. The maximum Gasteiger partial charge on any atom is 0.235 e. The highest BCUT2D eigenvalue weighted by Crippen LogP contribution is 2.42. The Hall–Kier alpha value is -1.94. The molecular weight excluding hydrogens is 320 g/mol. The number of nitrogens with one attached hydrogen (secondary N) is 1. The van der Waals surface area contributed by atoms with Crippen LogP contribution in [0, 0.1) is 11.6 Å². The molecule has 1 aliphatic carbocycles. The van der Waals surface area contributed by atoms with Gasteiger partial charge in [0.2, 0.25) is 5.91 Å². The fraction of sp³-hybridized carbons (Fsp3) is 0.278. The van der Waals surface area contributed by atoms with E-state index in [4.69, 9.17) is 11.6 Å². The van der Waals surface area contributed by atoms with E-state index in [0.717, 1.165) is 18.9 Å². The van der Waals surface area contributed by atoms with Crippen molar-refractivity contribution in [2.45, 2.75) is 31.1 Å². The number of halogens is 3. The molecule has 0 radical (unpaired) electrons. The van der Waals surface area contributed by atoms with Crippen LogP contribution < -0.4 is 5.32 Å². The largest absolute Gasteiger partial charge is 0.323 e. The summed E-state index contributed by atoms with van der Waals surface area (Å²) < 4.78 is 27.5. The number of amides is 1. The van der Waals surface area contributed by atoms with E-state index >= 15 is 0 Å². The molecule has 2 aromatic carbocycles. The molecule has 0 bridgehead atoms. The molecule has 1 N–H and O–H groups in total. The van der Waals surface area contributed by atoms with Crippen LogP contribution >= 0.6 is 11.6 Å². The molecule has 1 aliphatic rings. The summed E-state index contributed by atoms with van der Waals surface area (Å²) in [6, 6.07) is 10.2. The maximum absolute atomic E-state index is 13.9. The Morgan fingerprint density at radius 2 is 1.83 bits per heavy atom. The molecule has 120 valence electrons. The molecule has 23 heavy (non-hydrogen) atoms. The Bertz CT molecular complexity index is 742. The van der Waals surface area contributed by atoms with Gasteiger partial charge in [-0.2, -0.15) is 0 Å². The van der Waals surface area contributed by atoms with Gasteiger partial charge in [0.1, 0.15) is 11.6 Å². The van der Waals surface area contributed by atoms with Gasteiger partial charge in [-0.05, 0) is 48.7 Å². The Kier molecular flexibility index (Phi) is 4.35. The van der Waals surface area contributed by atoms with Crippen LogP contribution in [-0.2, 0) is 10.2 Å². The number of hydrogen-bond acceptors (Lipinski definition) is 1. The van der Waals surface area contributed by atoms with Crippen LogP contribution in [0.4, 0.5) is 14.5 Å². The Morgan fingerprint density at radius 1 is 1.09 bits per heavy atom. The van der Waals surface area contributed by atoms with E-state index in [2.05, 4.69) is 5.32 Å². The lowest BCUT2D eigenvalue weighted by Crippen LogP contribution is -2.38. The quantitative estimate of drug-likeness (QED) is 0.833. The standard InChI is InChI=1S/C18H16ClF2NO/c19-13-6-7-16(15(21)11-13)22-17(23)18(8-1-2-9-18)12-4-3-5-14(20)10-12/h3-7,10-11H,1-2,8-9H2,(H,22,23). The van der Waals surface area contributed by atoms with Crippen molar-refractivity contribution in [3.05, 3.63) is 64.7 Å². The third kappa shape index (κ3) is 3.08. The highest BCUT2D eigenvalue weighted by atomic mass is 35.5. The van der Waals surface area contributed by atoms with Crippen molar-refractivity contribution in [2.75, 3.05) is 5.32 Å². The number of carbonyl (C=O) groups is 1. The van der Waals surface area contributed by atoms with Gasteiger partial charge in [-0.25, -0.2) is 8.78 Å². The van der Waals surface area contributed by atoms with Gasteiger partial charge in [0.05, 0.1) is 11.1 Å². The minimum Gasteiger partial charge on any atom is -0.323 e. The molecule has 1 amide bonds. The van der Waals surface area contributed by atoms with Gasteiger partial charge >= 0.3 is 0 Å². The monoisotopic (exact) mass is 335 g/mol. The summed E-state index contributed by atoms with van der Waals surface area (Å²) in [7, 11) is 0. The normalized spacial score (nSPS) is 16.3. The lowest BCUT2D eigenvalue weighted by atomic mass is 9.78. The first-order valence-corrected chi connectivity index (χ1v) is 7.92. The molecule has 0 aromatic heterocycles. The Balaban J connectivity index is 1.93. The minimum absolute atomic E-state index is 0.0853. The van der Waals surface area contributed by atoms with E-state index in [9.17, 15) is 13.6 Å². The van der Waals surface area contributed by atoms with E-state index in [-0.39, 0.29) is 22.4 Å². The number of carbonyl (C=O) groups excluding carboxylic acids is 1. The second-order valence-electron chi connectivity index (χ2n) is 5.88. The van der Waals surface area contributed by atoms with Gasteiger partial charge in [0.15, 0.2) is 0 Å². The molecule has 0 saturated heterocycles. The Morgan fingerprint density at radius 3 is 2.48 bits per heavy atom. The van der Waals surface area contributed by atoms with E-state index in [1.54, 1.807) is 12.1 Å². The summed E-state index contributed by atoms with van der Waals surface area (Å²) in [6.07, 6.45) is 3.01. The van der Waals surface area contributed by atoms with Gasteiger partial charge in [-0.1, -0.05) is 36.6 Å². The first kappa shape index (κ1) is 15.9. The van der Waals surface area contributed by atoms with Crippen molar-refractivity contribution < 1.29 is 13.6 Å². The molecule has 0 aliphatic heterocycles. The van der Waals surface area contributed by atoms with Gasteiger partial charge in [0.25, 0.3) is 0 Å². The fourth-order valence-corrected chi connectivity index (χ4v) is 3.40. The smallest absolute Gasteiger partial charge is 0.235 e. The Labute approximate surface area is 138 Å². The highest BCUT2D eigenvalue weighted by Gasteiger charge is 2.43. The van der Waals surface area contributed by atoms with Crippen LogP contribution in [0.25, 0.3) is 0 Å². The minimum atomic E-state index is -0.811. The van der Waals surface area contributed by atoms with E-state index in [1.165, 1.54) is 24.3 Å². The lowest BCUT2D eigenvalue weighted by Gasteiger charge is -2.28. The average Bonchev–Trinajstić information content (AvgIpc) is 3.01. The van der Waals surface area contributed by atoms with Gasteiger partial charge in [0, 0.05) is 5.02 Å². The molecule has 1 fully saturated rings. The second kappa shape index (κ2) is 6.28. The van der Waals surface area contributed by atoms with Gasteiger partial charge < -0.3 is 5.32 Å². The van der Waals surface area contributed by atoms with E-state index in [1.807, 2.05) is 0 Å². The molecule has 1 saturated carbocycles. The van der Waals surface area contributed by atoms with Crippen LogP contribution in [0.15, 0.2) is 42.5 Å². The summed E-state index contributed by atoms with van der Waals surface area (Å²) in [5, 5.41) is 2.91. The van der Waals surface area contributed by atoms with Gasteiger partial charge in [-0.15, -0.1) is 0 Å². The molecule has 0 unspecified atom stereocenters.